The zero-order valence-electron chi connectivity index (χ0n) is 7.78. The van der Waals surface area contributed by atoms with Crippen LogP contribution in [-0.2, 0) is 4.84 Å². The molecule has 3 N–H and O–H groups in total. The maximum Gasteiger partial charge on any atom is 0.248 e. The molecule has 1 aromatic carbocycles. The average molecular weight is 193 g/mol. The number of primary amides is 1. The van der Waals surface area contributed by atoms with Crippen LogP contribution in [0.3, 0.4) is 0 Å². The van der Waals surface area contributed by atoms with E-state index in [1.54, 1.807) is 24.3 Å². The van der Waals surface area contributed by atoms with Gasteiger partial charge in [-0.15, -0.1) is 0 Å². The van der Waals surface area contributed by atoms with Crippen LogP contribution in [0.1, 0.15) is 10.4 Å². The first-order valence-corrected chi connectivity index (χ1v) is 4.22. The minimum atomic E-state index is -0.434. The minimum absolute atomic E-state index is 0.434. The highest BCUT2D eigenvalue weighted by molar-refractivity contribution is 5.95. The second kappa shape index (κ2) is 3.19. The minimum Gasteiger partial charge on any atom is -0.366 e. The Morgan fingerprint density at radius 2 is 2.43 bits per heavy atom. The van der Waals surface area contributed by atoms with E-state index in [9.17, 15) is 4.79 Å². The number of amides is 1. The maximum atomic E-state index is 10.9. The Kier molecular flexibility index (Phi) is 2.01. The summed E-state index contributed by atoms with van der Waals surface area (Å²) >= 11 is 0. The van der Waals surface area contributed by atoms with E-state index < -0.39 is 5.91 Å². The van der Waals surface area contributed by atoms with E-state index in [1.807, 2.05) is 6.07 Å². The third-order valence-electron chi connectivity index (χ3n) is 2.18. The lowest BCUT2D eigenvalue weighted by molar-refractivity contribution is 0.1000. The number of anilines is 2. The van der Waals surface area contributed by atoms with Gasteiger partial charge in [0.1, 0.15) is 6.67 Å². The molecule has 1 aromatic rings. The summed E-state index contributed by atoms with van der Waals surface area (Å²) in [6, 6.07) is 5.21. The Bertz CT molecular complexity index is 378. The molecule has 1 aliphatic heterocycles. The van der Waals surface area contributed by atoms with Crippen molar-refractivity contribution in [3.63, 3.8) is 0 Å². The SMILES string of the molecule is CON1CNc2ccc(C(N)=O)cc21. The molecule has 5 heteroatoms. The Morgan fingerprint density at radius 3 is 3.07 bits per heavy atom. The number of carbonyl (C=O) groups is 1. The molecule has 2 rings (SSSR count). The van der Waals surface area contributed by atoms with Gasteiger partial charge >= 0.3 is 0 Å². The monoisotopic (exact) mass is 193 g/mol. The summed E-state index contributed by atoms with van der Waals surface area (Å²) in [4.78, 5) is 16.0. The molecule has 5 nitrogen and oxygen atoms in total. The molecule has 74 valence electrons. The van der Waals surface area contributed by atoms with Gasteiger partial charge in [0, 0.05) is 5.56 Å². The van der Waals surface area contributed by atoms with Gasteiger partial charge in [0.15, 0.2) is 0 Å². The number of benzene rings is 1. The topological polar surface area (TPSA) is 67.6 Å². The first-order valence-electron chi connectivity index (χ1n) is 4.22. The van der Waals surface area contributed by atoms with Crippen LogP contribution in [-0.4, -0.2) is 19.7 Å². The fraction of sp³-hybridized carbons (Fsp3) is 0.222. The molecule has 0 aliphatic carbocycles. The Balaban J connectivity index is 2.42. The smallest absolute Gasteiger partial charge is 0.248 e. The van der Waals surface area contributed by atoms with Crippen molar-refractivity contribution in [2.24, 2.45) is 5.73 Å². The second-order valence-electron chi connectivity index (χ2n) is 2.99. The number of fused-ring (bicyclic) bond motifs is 1. The number of nitrogens with zero attached hydrogens (tertiary/aromatic N) is 1. The molecule has 0 saturated carbocycles. The van der Waals surface area contributed by atoms with Crippen molar-refractivity contribution in [3.05, 3.63) is 23.8 Å². The summed E-state index contributed by atoms with van der Waals surface area (Å²) in [6.07, 6.45) is 0. The molecule has 0 atom stereocenters. The van der Waals surface area contributed by atoms with Crippen molar-refractivity contribution >= 4 is 17.3 Å². The highest BCUT2D eigenvalue weighted by atomic mass is 16.7. The van der Waals surface area contributed by atoms with Crippen LogP contribution in [0.25, 0.3) is 0 Å². The molecule has 0 saturated heterocycles. The van der Waals surface area contributed by atoms with E-state index in [1.165, 1.54) is 0 Å². The fourth-order valence-corrected chi connectivity index (χ4v) is 1.45. The van der Waals surface area contributed by atoms with Gasteiger partial charge in [0.2, 0.25) is 5.91 Å². The van der Waals surface area contributed by atoms with E-state index in [0.29, 0.717) is 12.2 Å². The fourth-order valence-electron chi connectivity index (χ4n) is 1.45. The van der Waals surface area contributed by atoms with Crippen LogP contribution in [0.4, 0.5) is 11.4 Å². The number of hydrogen-bond donors (Lipinski definition) is 2. The maximum absolute atomic E-state index is 10.9. The van der Waals surface area contributed by atoms with E-state index in [2.05, 4.69) is 5.32 Å². The van der Waals surface area contributed by atoms with Crippen molar-refractivity contribution in [1.82, 2.24) is 0 Å². The number of hydroxylamine groups is 1. The van der Waals surface area contributed by atoms with Crippen LogP contribution in [0, 0.1) is 0 Å². The van der Waals surface area contributed by atoms with Crippen LogP contribution < -0.4 is 16.1 Å². The van der Waals surface area contributed by atoms with E-state index in [-0.39, 0.29) is 0 Å². The Hall–Kier alpha value is -1.75. The molecular formula is C9H11N3O2. The molecule has 0 fully saturated rings. The summed E-state index contributed by atoms with van der Waals surface area (Å²) in [7, 11) is 1.58. The quantitative estimate of drug-likeness (QED) is 0.719. The predicted molar refractivity (Wildman–Crippen MR) is 52.9 cm³/mol. The zero-order chi connectivity index (χ0) is 10.1. The third kappa shape index (κ3) is 1.27. The van der Waals surface area contributed by atoms with Gasteiger partial charge in [-0.25, -0.2) is 5.06 Å². The largest absolute Gasteiger partial charge is 0.366 e. The first kappa shape index (κ1) is 8.83. The summed E-state index contributed by atoms with van der Waals surface area (Å²) in [5, 5.41) is 4.77. The number of nitrogens with one attached hydrogen (secondary N) is 1. The lowest BCUT2D eigenvalue weighted by Crippen LogP contribution is -2.21. The summed E-state index contributed by atoms with van der Waals surface area (Å²) in [6.45, 7) is 0.577. The molecule has 0 bridgehead atoms. The van der Waals surface area contributed by atoms with Crippen molar-refractivity contribution in [2.75, 3.05) is 24.2 Å². The van der Waals surface area contributed by atoms with Crippen molar-refractivity contribution < 1.29 is 9.63 Å². The van der Waals surface area contributed by atoms with E-state index in [4.69, 9.17) is 10.6 Å². The van der Waals surface area contributed by atoms with Gasteiger partial charge in [0.25, 0.3) is 0 Å². The number of nitrogens with two attached hydrogens (primary N) is 1. The standard InChI is InChI=1S/C9H11N3O2/c1-14-12-5-11-7-3-2-6(9(10)13)4-8(7)12/h2-4,11H,5H2,1H3,(H2,10,13). The number of rotatable bonds is 2. The zero-order valence-corrected chi connectivity index (χ0v) is 7.78. The summed E-state index contributed by atoms with van der Waals surface area (Å²) in [5.41, 5.74) is 7.44. The van der Waals surface area contributed by atoms with Crippen molar-refractivity contribution in [2.45, 2.75) is 0 Å². The van der Waals surface area contributed by atoms with Gasteiger partial charge in [-0.05, 0) is 18.2 Å². The van der Waals surface area contributed by atoms with E-state index >= 15 is 0 Å². The molecular weight excluding hydrogens is 182 g/mol. The average Bonchev–Trinajstić information content (AvgIpc) is 2.59. The van der Waals surface area contributed by atoms with Gasteiger partial charge in [0.05, 0.1) is 18.5 Å². The molecule has 14 heavy (non-hydrogen) atoms. The predicted octanol–water partition coefficient (Wildman–Crippen LogP) is 0.536. The molecule has 1 amide bonds. The highest BCUT2D eigenvalue weighted by Gasteiger charge is 2.19. The summed E-state index contributed by atoms with van der Waals surface area (Å²) in [5.74, 6) is -0.434. The number of carbonyl (C=O) groups excluding carboxylic acids is 1. The normalized spacial score (nSPS) is 13.6. The molecule has 0 radical (unpaired) electrons. The van der Waals surface area contributed by atoms with Crippen LogP contribution in [0.5, 0.6) is 0 Å². The molecule has 0 spiro atoms. The number of hydrogen-bond acceptors (Lipinski definition) is 4. The Labute approximate surface area is 81.4 Å². The van der Waals surface area contributed by atoms with Crippen molar-refractivity contribution in [3.8, 4) is 0 Å². The lowest BCUT2D eigenvalue weighted by atomic mass is 10.1. The second-order valence-corrected chi connectivity index (χ2v) is 2.99. The van der Waals surface area contributed by atoms with Crippen molar-refractivity contribution in [1.29, 1.82) is 0 Å². The first-order chi connectivity index (χ1) is 6.72. The third-order valence-corrected chi connectivity index (χ3v) is 2.18. The Morgan fingerprint density at radius 1 is 1.64 bits per heavy atom. The van der Waals surface area contributed by atoms with Crippen LogP contribution in [0.2, 0.25) is 0 Å². The van der Waals surface area contributed by atoms with Crippen LogP contribution in [0.15, 0.2) is 18.2 Å². The van der Waals surface area contributed by atoms with Gasteiger partial charge in [-0.3, -0.25) is 9.63 Å². The van der Waals surface area contributed by atoms with Gasteiger partial charge in [-0.2, -0.15) is 0 Å². The molecule has 1 aliphatic rings. The van der Waals surface area contributed by atoms with Crippen LogP contribution >= 0.6 is 0 Å². The van der Waals surface area contributed by atoms with Gasteiger partial charge < -0.3 is 11.1 Å². The summed E-state index contributed by atoms with van der Waals surface area (Å²) < 4.78 is 0. The molecule has 0 unspecified atom stereocenters. The lowest BCUT2D eigenvalue weighted by Gasteiger charge is -2.13. The molecule has 1 heterocycles. The van der Waals surface area contributed by atoms with E-state index in [0.717, 1.165) is 11.4 Å². The highest BCUT2D eigenvalue weighted by Crippen LogP contribution is 2.31. The van der Waals surface area contributed by atoms with Gasteiger partial charge in [-0.1, -0.05) is 0 Å². The molecule has 0 aromatic heterocycles.